The Balaban J connectivity index is 1.98. The molecule has 18 heavy (non-hydrogen) atoms. The highest BCUT2D eigenvalue weighted by Gasteiger charge is 2.24. The normalized spacial score (nSPS) is 13.3. The lowest BCUT2D eigenvalue weighted by Gasteiger charge is -2.19. The molecule has 1 N–H and O–H groups in total. The molecule has 1 aliphatic rings. The molecule has 2 nitrogen and oxygen atoms in total. The van der Waals surface area contributed by atoms with Crippen molar-refractivity contribution >= 4 is 32.4 Å². The summed E-state index contributed by atoms with van der Waals surface area (Å²) in [4.78, 5) is 6.11. The highest BCUT2D eigenvalue weighted by molar-refractivity contribution is 9.10. The van der Waals surface area contributed by atoms with E-state index >= 15 is 0 Å². The number of aromatic nitrogens is 1. The molecular formula is C14H15BrN2S. The molecule has 0 aliphatic heterocycles. The Morgan fingerprint density at radius 2 is 2.11 bits per heavy atom. The number of anilines is 1. The first-order valence-corrected chi connectivity index (χ1v) is 7.60. The minimum atomic E-state index is 0.0636. The fraction of sp³-hybridized carbons (Fsp3) is 0.357. The Hall–Kier alpha value is -0.870. The molecule has 1 heterocycles. The van der Waals surface area contributed by atoms with E-state index in [0.717, 1.165) is 21.7 Å². The van der Waals surface area contributed by atoms with E-state index in [-0.39, 0.29) is 5.54 Å². The molecule has 1 aromatic carbocycles. The van der Waals surface area contributed by atoms with Gasteiger partial charge in [-0.2, -0.15) is 0 Å². The lowest BCUT2D eigenvalue weighted by atomic mass is 10.1. The van der Waals surface area contributed by atoms with Crippen LogP contribution in [-0.2, 0) is 6.42 Å². The third-order valence-corrected chi connectivity index (χ3v) is 4.32. The summed E-state index contributed by atoms with van der Waals surface area (Å²) in [6, 6.07) is 6.44. The smallest absolute Gasteiger partial charge is 0.183 e. The molecule has 0 amide bonds. The summed E-state index contributed by atoms with van der Waals surface area (Å²) in [6.07, 6.45) is 1.01. The van der Waals surface area contributed by atoms with E-state index in [0.29, 0.717) is 0 Å². The number of hydrogen-bond acceptors (Lipinski definition) is 3. The molecular weight excluding hydrogens is 308 g/mol. The van der Waals surface area contributed by atoms with Crippen LogP contribution in [0.3, 0.4) is 0 Å². The number of benzene rings is 1. The lowest BCUT2D eigenvalue weighted by Crippen LogP contribution is -2.25. The first-order valence-electron chi connectivity index (χ1n) is 5.99. The SMILES string of the molecule is CC(C)(C)Nc1nc2c(s1)Cc1cc(Br)ccc1-2. The van der Waals surface area contributed by atoms with Crippen LogP contribution in [-0.4, -0.2) is 10.5 Å². The van der Waals surface area contributed by atoms with E-state index in [1.807, 2.05) is 0 Å². The Morgan fingerprint density at radius 1 is 1.33 bits per heavy atom. The van der Waals surface area contributed by atoms with Crippen LogP contribution in [0.4, 0.5) is 5.13 Å². The second-order valence-corrected chi connectivity index (χ2v) is 7.64. The van der Waals surface area contributed by atoms with Crippen molar-refractivity contribution in [3.05, 3.63) is 33.1 Å². The third-order valence-electron chi connectivity index (χ3n) is 2.85. The zero-order valence-electron chi connectivity index (χ0n) is 10.7. The molecule has 0 unspecified atom stereocenters. The fourth-order valence-electron chi connectivity index (χ4n) is 2.17. The van der Waals surface area contributed by atoms with E-state index in [9.17, 15) is 0 Å². The summed E-state index contributed by atoms with van der Waals surface area (Å²) in [6.45, 7) is 6.47. The number of fused-ring (bicyclic) bond motifs is 3. The van der Waals surface area contributed by atoms with E-state index in [4.69, 9.17) is 4.98 Å². The Labute approximate surface area is 120 Å². The van der Waals surface area contributed by atoms with E-state index < -0.39 is 0 Å². The second-order valence-electron chi connectivity index (χ2n) is 5.64. The highest BCUT2D eigenvalue weighted by Crippen LogP contribution is 2.42. The van der Waals surface area contributed by atoms with Gasteiger partial charge in [-0.05, 0) is 38.5 Å². The van der Waals surface area contributed by atoms with Gasteiger partial charge in [0, 0.05) is 26.9 Å². The van der Waals surface area contributed by atoms with Gasteiger partial charge in [-0.1, -0.05) is 22.0 Å². The van der Waals surface area contributed by atoms with Crippen molar-refractivity contribution in [2.45, 2.75) is 32.7 Å². The average molecular weight is 323 g/mol. The van der Waals surface area contributed by atoms with Gasteiger partial charge in [-0.3, -0.25) is 0 Å². The van der Waals surface area contributed by atoms with Crippen LogP contribution in [0.1, 0.15) is 31.2 Å². The van der Waals surface area contributed by atoms with E-state index in [1.54, 1.807) is 11.3 Å². The molecule has 0 spiro atoms. The summed E-state index contributed by atoms with van der Waals surface area (Å²) in [5.41, 5.74) is 3.88. The van der Waals surface area contributed by atoms with E-state index in [1.165, 1.54) is 16.0 Å². The maximum Gasteiger partial charge on any atom is 0.183 e. The molecule has 2 aromatic rings. The number of rotatable bonds is 1. The zero-order chi connectivity index (χ0) is 12.9. The molecule has 3 rings (SSSR count). The van der Waals surface area contributed by atoms with Crippen LogP contribution in [0, 0.1) is 0 Å². The standard InChI is InChI=1S/C14H15BrN2S/c1-14(2,3)17-13-16-12-10-5-4-9(15)6-8(10)7-11(12)18-13/h4-6H,7H2,1-3H3,(H,16,17). The molecule has 0 saturated heterocycles. The van der Waals surface area contributed by atoms with Gasteiger partial charge < -0.3 is 5.32 Å². The van der Waals surface area contributed by atoms with Crippen LogP contribution < -0.4 is 5.32 Å². The first kappa shape index (κ1) is 12.2. The summed E-state index contributed by atoms with van der Waals surface area (Å²) >= 11 is 5.30. The maximum atomic E-state index is 4.74. The number of nitrogens with zero attached hydrogens (tertiary/aromatic N) is 1. The Kier molecular flexibility index (Phi) is 2.75. The Morgan fingerprint density at radius 3 is 2.83 bits per heavy atom. The minimum absolute atomic E-state index is 0.0636. The molecule has 0 fully saturated rings. The van der Waals surface area contributed by atoms with Gasteiger partial charge in [0.25, 0.3) is 0 Å². The molecule has 4 heteroatoms. The zero-order valence-corrected chi connectivity index (χ0v) is 13.1. The summed E-state index contributed by atoms with van der Waals surface area (Å²) < 4.78 is 1.14. The van der Waals surface area contributed by atoms with Crippen molar-refractivity contribution in [1.82, 2.24) is 4.98 Å². The first-order chi connectivity index (χ1) is 8.42. The lowest BCUT2D eigenvalue weighted by molar-refractivity contribution is 0.633. The van der Waals surface area contributed by atoms with Gasteiger partial charge >= 0.3 is 0 Å². The van der Waals surface area contributed by atoms with Gasteiger partial charge in [0.15, 0.2) is 5.13 Å². The summed E-state index contributed by atoms with van der Waals surface area (Å²) in [7, 11) is 0. The molecule has 0 atom stereocenters. The summed E-state index contributed by atoms with van der Waals surface area (Å²) in [5, 5.41) is 4.48. The maximum absolute atomic E-state index is 4.74. The van der Waals surface area contributed by atoms with Gasteiger partial charge in [0.05, 0.1) is 5.69 Å². The molecule has 0 bridgehead atoms. The summed E-state index contributed by atoms with van der Waals surface area (Å²) in [5.74, 6) is 0. The van der Waals surface area contributed by atoms with Crippen molar-refractivity contribution in [1.29, 1.82) is 0 Å². The van der Waals surface area contributed by atoms with Crippen LogP contribution in [0.25, 0.3) is 11.3 Å². The predicted molar refractivity (Wildman–Crippen MR) is 81.4 cm³/mol. The largest absolute Gasteiger partial charge is 0.357 e. The fourth-order valence-corrected chi connectivity index (χ4v) is 3.78. The second kappa shape index (κ2) is 4.07. The number of halogens is 1. The van der Waals surface area contributed by atoms with Crippen molar-refractivity contribution in [3.8, 4) is 11.3 Å². The van der Waals surface area contributed by atoms with Crippen LogP contribution in [0.5, 0.6) is 0 Å². The quantitative estimate of drug-likeness (QED) is 0.703. The number of nitrogens with one attached hydrogen (secondary N) is 1. The Bertz CT molecular complexity index is 611. The van der Waals surface area contributed by atoms with E-state index in [2.05, 4.69) is 60.2 Å². The van der Waals surface area contributed by atoms with Crippen LogP contribution in [0.15, 0.2) is 22.7 Å². The number of hydrogen-bond donors (Lipinski definition) is 1. The average Bonchev–Trinajstić information content (AvgIpc) is 2.70. The van der Waals surface area contributed by atoms with Gasteiger partial charge in [0.1, 0.15) is 0 Å². The van der Waals surface area contributed by atoms with Crippen LogP contribution >= 0.6 is 27.3 Å². The van der Waals surface area contributed by atoms with Gasteiger partial charge in [0.2, 0.25) is 0 Å². The monoisotopic (exact) mass is 322 g/mol. The molecule has 0 saturated carbocycles. The van der Waals surface area contributed by atoms with Gasteiger partial charge in [-0.15, -0.1) is 11.3 Å². The molecule has 0 radical (unpaired) electrons. The van der Waals surface area contributed by atoms with Crippen molar-refractivity contribution in [3.63, 3.8) is 0 Å². The predicted octanol–water partition coefficient (Wildman–Crippen LogP) is 4.69. The van der Waals surface area contributed by atoms with Crippen LogP contribution in [0.2, 0.25) is 0 Å². The number of thiazole rings is 1. The third kappa shape index (κ3) is 2.19. The molecule has 94 valence electrons. The van der Waals surface area contributed by atoms with Crippen molar-refractivity contribution in [2.24, 2.45) is 0 Å². The van der Waals surface area contributed by atoms with Crippen molar-refractivity contribution in [2.75, 3.05) is 5.32 Å². The minimum Gasteiger partial charge on any atom is -0.357 e. The topological polar surface area (TPSA) is 24.9 Å². The van der Waals surface area contributed by atoms with Gasteiger partial charge in [-0.25, -0.2) is 4.98 Å². The molecule has 1 aromatic heterocycles. The molecule has 1 aliphatic carbocycles. The van der Waals surface area contributed by atoms with Crippen molar-refractivity contribution < 1.29 is 0 Å². The highest BCUT2D eigenvalue weighted by atomic mass is 79.9.